The summed E-state index contributed by atoms with van der Waals surface area (Å²) >= 11 is 0. The van der Waals surface area contributed by atoms with Crippen LogP contribution in [0.25, 0.3) is 0 Å². The number of carboxylic acids is 1. The summed E-state index contributed by atoms with van der Waals surface area (Å²) in [6.07, 6.45) is -3.85. The van der Waals surface area contributed by atoms with Gasteiger partial charge in [0.05, 0.1) is 25.9 Å². The van der Waals surface area contributed by atoms with Crippen molar-refractivity contribution in [2.24, 2.45) is 0 Å². The predicted molar refractivity (Wildman–Crippen MR) is 133 cm³/mol. The number of benzene rings is 3. The fourth-order valence-corrected chi connectivity index (χ4v) is 4.44. The van der Waals surface area contributed by atoms with E-state index in [1.165, 1.54) is 0 Å². The van der Waals surface area contributed by atoms with Crippen LogP contribution in [-0.2, 0) is 43.6 Å². The van der Waals surface area contributed by atoms with Gasteiger partial charge in [0.25, 0.3) is 0 Å². The van der Waals surface area contributed by atoms with Gasteiger partial charge in [0.15, 0.2) is 0 Å². The lowest BCUT2D eigenvalue weighted by Crippen LogP contribution is -2.66. The van der Waals surface area contributed by atoms with Gasteiger partial charge in [0.1, 0.15) is 24.7 Å². The third-order valence-corrected chi connectivity index (χ3v) is 6.17. The van der Waals surface area contributed by atoms with Crippen molar-refractivity contribution in [3.8, 4) is 0 Å². The largest absolute Gasteiger partial charge is 0.481 e. The van der Waals surface area contributed by atoms with E-state index in [1.807, 2.05) is 91.0 Å². The van der Waals surface area contributed by atoms with Crippen LogP contribution in [0.2, 0.25) is 0 Å². The van der Waals surface area contributed by atoms with Gasteiger partial charge in [-0.05, 0) is 23.6 Å². The average molecular weight is 493 g/mol. The van der Waals surface area contributed by atoms with Gasteiger partial charge in [0, 0.05) is 0 Å². The Morgan fingerprint density at radius 1 is 0.750 bits per heavy atom. The van der Waals surface area contributed by atoms with Gasteiger partial charge >= 0.3 is 5.97 Å². The number of rotatable bonds is 11. The summed E-state index contributed by atoms with van der Waals surface area (Å²) < 4.78 is 24.7. The van der Waals surface area contributed by atoms with Crippen LogP contribution in [-0.4, -0.2) is 46.4 Å². The summed E-state index contributed by atoms with van der Waals surface area (Å²) in [5, 5.41) is 21.0. The fourth-order valence-electron chi connectivity index (χ4n) is 4.44. The van der Waals surface area contributed by atoms with Gasteiger partial charge in [-0.2, -0.15) is 0 Å². The molecule has 36 heavy (non-hydrogen) atoms. The molecule has 2 N–H and O–H groups in total. The Morgan fingerprint density at radius 2 is 1.17 bits per heavy atom. The van der Waals surface area contributed by atoms with Crippen LogP contribution in [0.5, 0.6) is 0 Å². The highest BCUT2D eigenvalue weighted by Gasteiger charge is 2.56. The van der Waals surface area contributed by atoms with Crippen molar-refractivity contribution in [1.29, 1.82) is 0 Å². The number of ether oxygens (including phenoxy) is 4. The first kappa shape index (κ1) is 26.0. The van der Waals surface area contributed by atoms with Gasteiger partial charge in [-0.25, -0.2) is 0 Å². The first-order valence-corrected chi connectivity index (χ1v) is 12.0. The molecular formula is C29H32O7. The third kappa shape index (κ3) is 6.78. The van der Waals surface area contributed by atoms with E-state index >= 15 is 0 Å². The van der Waals surface area contributed by atoms with E-state index in [1.54, 1.807) is 6.92 Å². The number of hydrogen-bond donors (Lipinski definition) is 2. The van der Waals surface area contributed by atoms with Crippen molar-refractivity contribution in [1.82, 2.24) is 0 Å². The van der Waals surface area contributed by atoms with Crippen molar-refractivity contribution in [3.63, 3.8) is 0 Å². The van der Waals surface area contributed by atoms with Crippen LogP contribution >= 0.6 is 0 Å². The number of carboxylic acid groups (broad SMARTS) is 1. The van der Waals surface area contributed by atoms with Crippen LogP contribution in [0.4, 0.5) is 0 Å². The lowest BCUT2D eigenvalue weighted by molar-refractivity contribution is -0.363. The Kier molecular flexibility index (Phi) is 8.85. The van der Waals surface area contributed by atoms with Crippen molar-refractivity contribution in [3.05, 3.63) is 108 Å². The van der Waals surface area contributed by atoms with Gasteiger partial charge < -0.3 is 29.2 Å². The Morgan fingerprint density at radius 3 is 1.61 bits per heavy atom. The first-order chi connectivity index (χ1) is 17.4. The predicted octanol–water partition coefficient (Wildman–Crippen LogP) is 4.32. The maximum Gasteiger partial charge on any atom is 0.308 e. The van der Waals surface area contributed by atoms with E-state index < -0.39 is 42.6 Å². The van der Waals surface area contributed by atoms with Gasteiger partial charge in [-0.3, -0.25) is 4.79 Å². The highest BCUT2D eigenvalue weighted by atomic mass is 16.7. The van der Waals surface area contributed by atoms with Crippen LogP contribution in [0.15, 0.2) is 91.0 Å². The van der Waals surface area contributed by atoms with E-state index in [0.717, 1.165) is 16.7 Å². The number of aliphatic carboxylic acids is 1. The Bertz CT molecular complexity index is 1080. The second-order valence-corrected chi connectivity index (χ2v) is 8.98. The number of hydrogen-bond acceptors (Lipinski definition) is 6. The second-order valence-electron chi connectivity index (χ2n) is 8.98. The highest BCUT2D eigenvalue weighted by Crippen LogP contribution is 2.37. The molecule has 4 rings (SSSR count). The van der Waals surface area contributed by atoms with Crippen molar-refractivity contribution in [2.75, 3.05) is 0 Å². The smallest absolute Gasteiger partial charge is 0.308 e. The minimum Gasteiger partial charge on any atom is -0.481 e. The van der Waals surface area contributed by atoms with Crippen molar-refractivity contribution < 1.29 is 34.0 Å². The Labute approximate surface area is 211 Å². The minimum atomic E-state index is -2.10. The fraction of sp³-hybridized carbons (Fsp3) is 0.345. The molecular weight excluding hydrogens is 460 g/mol. The highest BCUT2D eigenvalue weighted by molar-refractivity contribution is 5.68. The summed E-state index contributed by atoms with van der Waals surface area (Å²) in [7, 11) is 0. The molecule has 0 aliphatic carbocycles. The van der Waals surface area contributed by atoms with E-state index in [9.17, 15) is 15.0 Å². The van der Waals surface area contributed by atoms with E-state index in [-0.39, 0.29) is 13.2 Å². The van der Waals surface area contributed by atoms with Crippen LogP contribution in [0.3, 0.4) is 0 Å². The molecule has 0 spiro atoms. The van der Waals surface area contributed by atoms with E-state index in [4.69, 9.17) is 18.9 Å². The zero-order valence-corrected chi connectivity index (χ0v) is 20.2. The molecule has 1 aliphatic heterocycles. The number of carbonyl (C=O) groups is 1. The molecule has 0 amide bonds. The summed E-state index contributed by atoms with van der Waals surface area (Å²) in [4.78, 5) is 11.7. The third-order valence-electron chi connectivity index (χ3n) is 6.17. The van der Waals surface area contributed by atoms with Crippen LogP contribution < -0.4 is 0 Å². The summed E-state index contributed by atoms with van der Waals surface area (Å²) in [6, 6.07) is 28.8. The molecule has 0 bridgehead atoms. The van der Waals surface area contributed by atoms with Crippen molar-refractivity contribution >= 4 is 5.97 Å². The van der Waals surface area contributed by atoms with Crippen LogP contribution in [0, 0.1) is 0 Å². The molecule has 1 fully saturated rings. The number of aliphatic hydroxyl groups is 1. The molecule has 1 saturated heterocycles. The van der Waals surface area contributed by atoms with Gasteiger partial charge in [-0.1, -0.05) is 91.0 Å². The summed E-state index contributed by atoms with van der Waals surface area (Å²) in [6.45, 7) is 2.42. The quantitative estimate of drug-likeness (QED) is 0.412. The molecule has 1 aliphatic rings. The molecule has 190 valence electrons. The lowest BCUT2D eigenvalue weighted by Gasteiger charge is -2.49. The molecule has 0 saturated carbocycles. The minimum absolute atomic E-state index is 0.141. The van der Waals surface area contributed by atoms with E-state index in [2.05, 4.69) is 0 Å². The molecule has 3 aromatic rings. The summed E-state index contributed by atoms with van der Waals surface area (Å²) in [5.74, 6) is -3.31. The molecule has 0 aromatic heterocycles. The molecule has 5 atom stereocenters. The van der Waals surface area contributed by atoms with E-state index in [0.29, 0.717) is 6.61 Å². The normalized spacial score (nSPS) is 25.9. The summed E-state index contributed by atoms with van der Waals surface area (Å²) in [5.41, 5.74) is 2.78. The van der Waals surface area contributed by atoms with Crippen LogP contribution in [0.1, 0.15) is 30.0 Å². The first-order valence-electron chi connectivity index (χ1n) is 12.0. The standard InChI is InChI=1S/C29H32O7/c1-21-26(33-18-22-11-5-2-6-12-22)27(34-19-23-13-7-3-8-14-23)28(29(32,36-21)17-25(30)31)35-20-24-15-9-4-10-16-24/h2-16,21,26-28,32H,17-20H2,1H3,(H,30,31)/t21-,26+,27+,28-,29+/m0/s1. The maximum atomic E-state index is 11.7. The average Bonchev–Trinajstić information content (AvgIpc) is 2.87. The molecule has 0 unspecified atom stereocenters. The lowest BCUT2D eigenvalue weighted by atomic mass is 9.90. The van der Waals surface area contributed by atoms with Gasteiger partial charge in [-0.15, -0.1) is 0 Å². The maximum absolute atomic E-state index is 11.7. The molecule has 1 heterocycles. The zero-order chi connectivity index (χ0) is 25.4. The second kappa shape index (κ2) is 12.3. The van der Waals surface area contributed by atoms with Crippen molar-refractivity contribution in [2.45, 2.75) is 63.4 Å². The molecule has 7 nitrogen and oxygen atoms in total. The zero-order valence-electron chi connectivity index (χ0n) is 20.2. The molecule has 0 radical (unpaired) electrons. The molecule has 3 aromatic carbocycles. The Hall–Kier alpha value is -3.07. The monoisotopic (exact) mass is 492 g/mol. The molecule has 7 heteroatoms. The SMILES string of the molecule is C[C@@H]1O[C@](O)(CC(=O)O)[C@@H](OCc2ccccc2)[C@H](OCc2ccccc2)[C@@H]1OCc1ccccc1. The topological polar surface area (TPSA) is 94.5 Å². The Balaban J connectivity index is 1.62. The van der Waals surface area contributed by atoms with Gasteiger partial charge in [0.2, 0.25) is 5.79 Å².